The van der Waals surface area contributed by atoms with E-state index in [0.717, 1.165) is 28.0 Å². The Labute approximate surface area is 154 Å². The molecule has 0 bridgehead atoms. The minimum atomic E-state index is 0.530. The van der Waals surface area contributed by atoms with Crippen LogP contribution < -0.4 is 5.32 Å². The standard InChI is InChI=1S/C19H13Cl2N3O/c1-11-16-18(24-15-4-2-3-14(21)9-15)22-10-23-19(16)25-17(11)12-5-7-13(20)8-6-12/h2-10H,1H3,(H,22,23,24). The Morgan fingerprint density at radius 1 is 0.960 bits per heavy atom. The summed E-state index contributed by atoms with van der Waals surface area (Å²) in [4.78, 5) is 8.62. The number of hydrogen-bond acceptors (Lipinski definition) is 4. The van der Waals surface area contributed by atoms with Gasteiger partial charge in [-0.1, -0.05) is 29.3 Å². The van der Waals surface area contributed by atoms with Crippen LogP contribution in [0.1, 0.15) is 5.56 Å². The van der Waals surface area contributed by atoms with Gasteiger partial charge in [-0.05, 0) is 49.4 Å². The first kappa shape index (κ1) is 15.9. The lowest BCUT2D eigenvalue weighted by molar-refractivity contribution is 0.615. The third-order valence-corrected chi connectivity index (χ3v) is 4.41. The van der Waals surface area contributed by atoms with Crippen LogP contribution >= 0.6 is 23.2 Å². The zero-order valence-corrected chi connectivity index (χ0v) is 14.8. The van der Waals surface area contributed by atoms with Gasteiger partial charge in [-0.25, -0.2) is 9.97 Å². The van der Waals surface area contributed by atoms with Gasteiger partial charge in [0.2, 0.25) is 5.71 Å². The fourth-order valence-electron chi connectivity index (χ4n) is 2.75. The molecule has 25 heavy (non-hydrogen) atoms. The van der Waals surface area contributed by atoms with Crippen molar-refractivity contribution in [2.24, 2.45) is 0 Å². The number of anilines is 2. The van der Waals surface area contributed by atoms with E-state index in [0.29, 0.717) is 21.6 Å². The molecule has 2 heterocycles. The van der Waals surface area contributed by atoms with E-state index in [-0.39, 0.29) is 0 Å². The number of hydrogen-bond donors (Lipinski definition) is 1. The van der Waals surface area contributed by atoms with Gasteiger partial charge >= 0.3 is 0 Å². The second-order valence-electron chi connectivity index (χ2n) is 5.60. The van der Waals surface area contributed by atoms with Crippen LogP contribution in [0.15, 0.2) is 59.3 Å². The molecule has 4 nitrogen and oxygen atoms in total. The van der Waals surface area contributed by atoms with Crippen molar-refractivity contribution in [3.63, 3.8) is 0 Å². The second-order valence-corrected chi connectivity index (χ2v) is 6.47. The SMILES string of the molecule is Cc1c(-c2ccc(Cl)cc2)oc2ncnc(Nc3cccc(Cl)c3)c12. The molecule has 0 aliphatic heterocycles. The largest absolute Gasteiger partial charge is 0.437 e. The summed E-state index contributed by atoms with van der Waals surface area (Å²) in [5, 5.41) is 5.46. The summed E-state index contributed by atoms with van der Waals surface area (Å²) in [7, 11) is 0. The average molecular weight is 370 g/mol. The molecule has 0 atom stereocenters. The highest BCUT2D eigenvalue weighted by atomic mass is 35.5. The molecule has 124 valence electrons. The Kier molecular flexibility index (Phi) is 4.07. The molecule has 4 rings (SSSR count). The maximum atomic E-state index is 6.06. The number of nitrogens with one attached hydrogen (secondary N) is 1. The molecule has 0 fully saturated rings. The normalized spacial score (nSPS) is 11.0. The number of fused-ring (bicyclic) bond motifs is 1. The topological polar surface area (TPSA) is 51.0 Å². The first-order valence-corrected chi connectivity index (χ1v) is 8.40. The van der Waals surface area contributed by atoms with Crippen molar-refractivity contribution in [2.45, 2.75) is 6.92 Å². The number of benzene rings is 2. The van der Waals surface area contributed by atoms with Crippen molar-refractivity contribution in [1.82, 2.24) is 9.97 Å². The van der Waals surface area contributed by atoms with Gasteiger partial charge in [-0.2, -0.15) is 0 Å². The highest BCUT2D eigenvalue weighted by Gasteiger charge is 2.17. The molecule has 1 N–H and O–H groups in total. The molecular formula is C19H13Cl2N3O. The number of furan rings is 1. The molecule has 2 aromatic heterocycles. The zero-order valence-electron chi connectivity index (χ0n) is 13.3. The van der Waals surface area contributed by atoms with Crippen LogP contribution in [-0.2, 0) is 0 Å². The lowest BCUT2D eigenvalue weighted by Crippen LogP contribution is -1.95. The maximum Gasteiger partial charge on any atom is 0.232 e. The zero-order chi connectivity index (χ0) is 17.4. The Morgan fingerprint density at radius 3 is 2.52 bits per heavy atom. The van der Waals surface area contributed by atoms with Crippen LogP contribution in [0.3, 0.4) is 0 Å². The van der Waals surface area contributed by atoms with Gasteiger partial charge in [-0.15, -0.1) is 0 Å². The number of nitrogens with zero attached hydrogens (tertiary/aromatic N) is 2. The van der Waals surface area contributed by atoms with E-state index in [1.807, 2.05) is 55.5 Å². The van der Waals surface area contributed by atoms with E-state index in [1.165, 1.54) is 6.33 Å². The number of aromatic nitrogens is 2. The van der Waals surface area contributed by atoms with E-state index >= 15 is 0 Å². The maximum absolute atomic E-state index is 6.06. The highest BCUT2D eigenvalue weighted by molar-refractivity contribution is 6.31. The first-order valence-electron chi connectivity index (χ1n) is 7.64. The smallest absolute Gasteiger partial charge is 0.232 e. The summed E-state index contributed by atoms with van der Waals surface area (Å²) < 4.78 is 5.97. The molecule has 0 saturated heterocycles. The molecule has 0 aliphatic carbocycles. The molecule has 0 aliphatic rings. The van der Waals surface area contributed by atoms with Gasteiger partial charge in [0.15, 0.2) is 0 Å². The van der Waals surface area contributed by atoms with Crippen molar-refractivity contribution in [2.75, 3.05) is 5.32 Å². The van der Waals surface area contributed by atoms with Crippen molar-refractivity contribution < 1.29 is 4.42 Å². The van der Waals surface area contributed by atoms with E-state index in [2.05, 4.69) is 15.3 Å². The summed E-state index contributed by atoms with van der Waals surface area (Å²) in [6.07, 6.45) is 1.48. The van der Waals surface area contributed by atoms with E-state index < -0.39 is 0 Å². The predicted octanol–water partition coefficient (Wildman–Crippen LogP) is 6.25. The van der Waals surface area contributed by atoms with Gasteiger partial charge < -0.3 is 9.73 Å². The Morgan fingerprint density at radius 2 is 1.76 bits per heavy atom. The van der Waals surface area contributed by atoms with Crippen LogP contribution in [-0.4, -0.2) is 9.97 Å². The van der Waals surface area contributed by atoms with Gasteiger partial charge in [0.1, 0.15) is 17.9 Å². The van der Waals surface area contributed by atoms with Gasteiger partial charge in [0, 0.05) is 26.9 Å². The van der Waals surface area contributed by atoms with Crippen molar-refractivity contribution in [1.29, 1.82) is 0 Å². The minimum Gasteiger partial charge on any atom is -0.437 e. The molecular weight excluding hydrogens is 357 g/mol. The van der Waals surface area contributed by atoms with Crippen molar-refractivity contribution in [3.05, 3.63) is 70.5 Å². The van der Waals surface area contributed by atoms with Crippen molar-refractivity contribution >= 4 is 45.8 Å². The number of rotatable bonds is 3. The quantitative estimate of drug-likeness (QED) is 0.463. The summed E-state index contributed by atoms with van der Waals surface area (Å²) in [5.74, 6) is 1.43. The summed E-state index contributed by atoms with van der Waals surface area (Å²) in [5.41, 5.74) is 3.28. The van der Waals surface area contributed by atoms with Crippen molar-refractivity contribution in [3.8, 4) is 11.3 Å². The number of aryl methyl sites for hydroxylation is 1. The molecule has 6 heteroatoms. The Hall–Kier alpha value is -2.56. The van der Waals surface area contributed by atoms with Crippen LogP contribution in [0.4, 0.5) is 11.5 Å². The molecule has 0 radical (unpaired) electrons. The molecule has 0 unspecified atom stereocenters. The summed E-state index contributed by atoms with van der Waals surface area (Å²) in [6, 6.07) is 15.0. The third-order valence-electron chi connectivity index (χ3n) is 3.92. The first-order chi connectivity index (χ1) is 12.1. The fraction of sp³-hybridized carbons (Fsp3) is 0.0526. The number of halogens is 2. The molecule has 0 spiro atoms. The second kappa shape index (κ2) is 6.39. The van der Waals surface area contributed by atoms with Gasteiger partial charge in [0.25, 0.3) is 0 Å². The van der Waals surface area contributed by atoms with Crippen LogP contribution in [0, 0.1) is 6.92 Å². The van der Waals surface area contributed by atoms with E-state index in [1.54, 1.807) is 0 Å². The van der Waals surface area contributed by atoms with Crippen LogP contribution in [0.5, 0.6) is 0 Å². The fourth-order valence-corrected chi connectivity index (χ4v) is 3.06. The average Bonchev–Trinajstić information content (AvgIpc) is 2.94. The summed E-state index contributed by atoms with van der Waals surface area (Å²) >= 11 is 12.0. The van der Waals surface area contributed by atoms with E-state index in [9.17, 15) is 0 Å². The van der Waals surface area contributed by atoms with Gasteiger partial charge in [0.05, 0.1) is 5.39 Å². The Balaban J connectivity index is 1.82. The molecule has 0 amide bonds. The van der Waals surface area contributed by atoms with Gasteiger partial charge in [-0.3, -0.25) is 0 Å². The molecule has 4 aromatic rings. The predicted molar refractivity (Wildman–Crippen MR) is 102 cm³/mol. The van der Waals surface area contributed by atoms with E-state index in [4.69, 9.17) is 27.6 Å². The lowest BCUT2D eigenvalue weighted by atomic mass is 10.1. The van der Waals surface area contributed by atoms with Crippen LogP contribution in [0.25, 0.3) is 22.4 Å². The summed E-state index contributed by atoms with van der Waals surface area (Å²) in [6.45, 7) is 1.99. The highest BCUT2D eigenvalue weighted by Crippen LogP contribution is 2.36. The Bertz CT molecular complexity index is 1060. The van der Waals surface area contributed by atoms with Crippen LogP contribution in [0.2, 0.25) is 10.0 Å². The minimum absolute atomic E-state index is 0.530. The lowest BCUT2D eigenvalue weighted by Gasteiger charge is -2.06. The third kappa shape index (κ3) is 3.06. The molecule has 2 aromatic carbocycles. The monoisotopic (exact) mass is 369 g/mol. The molecule has 0 saturated carbocycles.